The molecule has 0 aliphatic carbocycles. The molecule has 0 bridgehead atoms. The summed E-state index contributed by atoms with van der Waals surface area (Å²) >= 11 is 0. The molecule has 0 amide bonds. The molecule has 0 radical (unpaired) electrons. The van der Waals surface area contributed by atoms with Gasteiger partial charge in [0.25, 0.3) is 0 Å². The minimum Gasteiger partial charge on any atom is -0.381 e. The number of ether oxygens (including phenoxy) is 1. The van der Waals surface area contributed by atoms with Crippen LogP contribution in [0, 0.1) is 5.92 Å². The summed E-state index contributed by atoms with van der Waals surface area (Å²) in [6.45, 7) is 2.34. The van der Waals surface area contributed by atoms with Crippen molar-refractivity contribution in [2.75, 3.05) is 19.8 Å². The van der Waals surface area contributed by atoms with Crippen molar-refractivity contribution < 1.29 is 4.74 Å². The van der Waals surface area contributed by atoms with Gasteiger partial charge in [-0.25, -0.2) is 0 Å². The average Bonchev–Trinajstić information content (AvgIpc) is 2.33. The second-order valence-electron chi connectivity index (χ2n) is 3.94. The third kappa shape index (κ3) is 2.52. The van der Waals surface area contributed by atoms with Gasteiger partial charge in [-0.3, -0.25) is 0 Å². The average molecular weight is 207 g/mol. The van der Waals surface area contributed by atoms with Crippen molar-refractivity contribution in [1.82, 2.24) is 10.2 Å². The molecule has 82 valence electrons. The summed E-state index contributed by atoms with van der Waals surface area (Å²) in [6, 6.07) is 3.93. The lowest BCUT2D eigenvalue weighted by Gasteiger charge is -2.28. The topological polar surface area (TPSA) is 61.0 Å². The molecule has 2 rings (SSSR count). The molecule has 1 atom stereocenters. The van der Waals surface area contributed by atoms with Crippen molar-refractivity contribution in [3.05, 3.63) is 24.0 Å². The van der Waals surface area contributed by atoms with Crippen LogP contribution in [-0.4, -0.2) is 30.0 Å². The minimum absolute atomic E-state index is 0.336. The fraction of sp³-hybridized carbons (Fsp3) is 0.636. The molecule has 1 saturated heterocycles. The maximum Gasteiger partial charge on any atom is 0.0677 e. The van der Waals surface area contributed by atoms with Crippen molar-refractivity contribution >= 4 is 0 Å². The summed E-state index contributed by atoms with van der Waals surface area (Å²) in [6.07, 6.45) is 3.86. The summed E-state index contributed by atoms with van der Waals surface area (Å²) in [5, 5.41) is 8.07. The monoisotopic (exact) mass is 207 g/mol. The van der Waals surface area contributed by atoms with Crippen LogP contribution < -0.4 is 5.73 Å². The quantitative estimate of drug-likeness (QED) is 0.801. The third-order valence-electron chi connectivity index (χ3n) is 3.06. The largest absolute Gasteiger partial charge is 0.381 e. The van der Waals surface area contributed by atoms with E-state index in [4.69, 9.17) is 10.5 Å². The third-order valence-corrected chi connectivity index (χ3v) is 3.06. The first kappa shape index (κ1) is 10.5. The molecule has 1 aromatic rings. The number of nitrogens with two attached hydrogens (primary N) is 1. The molecule has 4 nitrogen and oxygen atoms in total. The Morgan fingerprint density at radius 3 is 2.87 bits per heavy atom. The standard InChI is InChI=1S/C11H17N3O/c12-8-10(9-3-6-15-7-4-9)11-2-1-5-13-14-11/h1-2,5,9-10H,3-4,6-8,12H2. The predicted octanol–water partition coefficient (Wildman–Crippen LogP) is 0.945. The van der Waals surface area contributed by atoms with Gasteiger partial charge in [-0.2, -0.15) is 10.2 Å². The maximum absolute atomic E-state index is 5.83. The second-order valence-corrected chi connectivity index (χ2v) is 3.94. The zero-order valence-electron chi connectivity index (χ0n) is 8.80. The van der Waals surface area contributed by atoms with Crippen LogP contribution in [0.5, 0.6) is 0 Å². The molecule has 1 aliphatic heterocycles. The first-order chi connectivity index (χ1) is 7.42. The van der Waals surface area contributed by atoms with Gasteiger partial charge in [-0.05, 0) is 30.9 Å². The molecule has 1 aromatic heterocycles. The first-order valence-electron chi connectivity index (χ1n) is 5.47. The predicted molar refractivity (Wildman–Crippen MR) is 57.4 cm³/mol. The molecule has 1 unspecified atom stereocenters. The van der Waals surface area contributed by atoms with Crippen LogP contribution in [0.3, 0.4) is 0 Å². The molecule has 2 N–H and O–H groups in total. The summed E-state index contributed by atoms with van der Waals surface area (Å²) in [5.74, 6) is 0.933. The molecule has 0 saturated carbocycles. The van der Waals surface area contributed by atoms with Crippen LogP contribution in [0.15, 0.2) is 18.3 Å². The van der Waals surface area contributed by atoms with E-state index < -0.39 is 0 Å². The van der Waals surface area contributed by atoms with Gasteiger partial charge in [0.1, 0.15) is 0 Å². The Balaban J connectivity index is 2.09. The van der Waals surface area contributed by atoms with Crippen molar-refractivity contribution in [3.63, 3.8) is 0 Å². The zero-order chi connectivity index (χ0) is 10.5. The van der Waals surface area contributed by atoms with Gasteiger partial charge in [-0.1, -0.05) is 0 Å². The summed E-state index contributed by atoms with van der Waals surface area (Å²) in [5.41, 5.74) is 6.85. The molecule has 0 spiro atoms. The van der Waals surface area contributed by atoms with E-state index in [9.17, 15) is 0 Å². The Bertz CT molecular complexity index is 285. The molecule has 0 aromatic carbocycles. The SMILES string of the molecule is NCC(c1cccnn1)C1CCOCC1. The van der Waals surface area contributed by atoms with E-state index in [2.05, 4.69) is 10.2 Å². The number of rotatable bonds is 3. The van der Waals surface area contributed by atoms with Gasteiger partial charge >= 0.3 is 0 Å². The van der Waals surface area contributed by atoms with E-state index in [0.717, 1.165) is 31.7 Å². The van der Waals surface area contributed by atoms with E-state index >= 15 is 0 Å². The Kier molecular flexibility index (Phi) is 3.64. The van der Waals surface area contributed by atoms with Crippen molar-refractivity contribution in [1.29, 1.82) is 0 Å². The van der Waals surface area contributed by atoms with Crippen molar-refractivity contribution in [3.8, 4) is 0 Å². The minimum atomic E-state index is 0.336. The highest BCUT2D eigenvalue weighted by Crippen LogP contribution is 2.29. The Morgan fingerprint density at radius 1 is 1.47 bits per heavy atom. The summed E-state index contributed by atoms with van der Waals surface area (Å²) < 4.78 is 5.35. The molecule has 1 aliphatic rings. The highest BCUT2D eigenvalue weighted by molar-refractivity contribution is 5.08. The van der Waals surface area contributed by atoms with E-state index in [1.54, 1.807) is 6.20 Å². The molecule has 2 heterocycles. The highest BCUT2D eigenvalue weighted by atomic mass is 16.5. The number of hydrogen-bond acceptors (Lipinski definition) is 4. The van der Waals surface area contributed by atoms with E-state index in [0.29, 0.717) is 18.4 Å². The van der Waals surface area contributed by atoms with Gasteiger partial charge in [-0.15, -0.1) is 0 Å². The maximum atomic E-state index is 5.83. The van der Waals surface area contributed by atoms with Crippen LogP contribution in [0.1, 0.15) is 24.5 Å². The van der Waals surface area contributed by atoms with Gasteiger partial charge in [0.05, 0.1) is 5.69 Å². The van der Waals surface area contributed by atoms with Gasteiger partial charge < -0.3 is 10.5 Å². The van der Waals surface area contributed by atoms with Crippen LogP contribution >= 0.6 is 0 Å². The lowest BCUT2D eigenvalue weighted by atomic mass is 9.84. The second kappa shape index (κ2) is 5.19. The van der Waals surface area contributed by atoms with Crippen LogP contribution in [0.25, 0.3) is 0 Å². The summed E-state index contributed by atoms with van der Waals surface area (Å²) in [7, 11) is 0. The van der Waals surface area contributed by atoms with E-state index in [1.165, 1.54) is 0 Å². The van der Waals surface area contributed by atoms with Gasteiger partial charge in [0.15, 0.2) is 0 Å². The fourth-order valence-corrected chi connectivity index (χ4v) is 2.18. The van der Waals surface area contributed by atoms with Gasteiger partial charge in [0.2, 0.25) is 0 Å². The Hall–Kier alpha value is -1.00. The fourth-order valence-electron chi connectivity index (χ4n) is 2.18. The number of aromatic nitrogens is 2. The molecular weight excluding hydrogens is 190 g/mol. The summed E-state index contributed by atoms with van der Waals surface area (Å²) in [4.78, 5) is 0. The van der Waals surface area contributed by atoms with Gasteiger partial charge in [0, 0.05) is 31.9 Å². The normalized spacial score (nSPS) is 20.1. The lowest BCUT2D eigenvalue weighted by molar-refractivity contribution is 0.0581. The zero-order valence-corrected chi connectivity index (χ0v) is 8.80. The van der Waals surface area contributed by atoms with E-state index in [1.807, 2.05) is 12.1 Å². The smallest absolute Gasteiger partial charge is 0.0677 e. The van der Waals surface area contributed by atoms with Crippen LogP contribution in [0.2, 0.25) is 0 Å². The molecular formula is C11H17N3O. The Labute approximate surface area is 89.8 Å². The molecule has 4 heteroatoms. The van der Waals surface area contributed by atoms with Crippen molar-refractivity contribution in [2.24, 2.45) is 11.7 Å². The number of nitrogens with zero attached hydrogens (tertiary/aromatic N) is 2. The number of hydrogen-bond donors (Lipinski definition) is 1. The molecule has 1 fully saturated rings. The first-order valence-corrected chi connectivity index (χ1v) is 5.47. The Morgan fingerprint density at radius 2 is 2.27 bits per heavy atom. The van der Waals surface area contributed by atoms with Crippen LogP contribution in [-0.2, 0) is 4.74 Å². The van der Waals surface area contributed by atoms with E-state index in [-0.39, 0.29) is 0 Å². The molecule has 15 heavy (non-hydrogen) atoms. The van der Waals surface area contributed by atoms with Crippen LogP contribution in [0.4, 0.5) is 0 Å². The van der Waals surface area contributed by atoms with Crippen molar-refractivity contribution in [2.45, 2.75) is 18.8 Å². The lowest BCUT2D eigenvalue weighted by Crippen LogP contribution is -2.27. The highest BCUT2D eigenvalue weighted by Gasteiger charge is 2.25.